The Morgan fingerprint density at radius 3 is 1.95 bits per heavy atom. The van der Waals surface area contributed by atoms with Crippen LogP contribution < -0.4 is 9.26 Å². The van der Waals surface area contributed by atoms with E-state index in [1.165, 1.54) is 0 Å². The Labute approximate surface area is 124 Å². The van der Waals surface area contributed by atoms with Crippen molar-refractivity contribution in [3.8, 4) is 11.5 Å². The second-order valence-corrected chi connectivity index (χ2v) is 5.78. The molecule has 0 aromatic heterocycles. The van der Waals surface area contributed by atoms with E-state index in [2.05, 4.69) is 0 Å². The number of fused-ring (bicyclic) bond motifs is 1. The zero-order valence-corrected chi connectivity index (χ0v) is 13.3. The van der Waals surface area contributed by atoms with Gasteiger partial charge in [-0.1, -0.05) is 24.3 Å². The molecule has 2 aromatic carbocycles. The second-order valence-electron chi connectivity index (χ2n) is 4.19. The highest BCUT2D eigenvalue weighted by molar-refractivity contribution is 7.48. The average Bonchev–Trinajstić information content (AvgIpc) is 2.47. The number of rotatable bonds is 7. The van der Waals surface area contributed by atoms with Gasteiger partial charge in [0.2, 0.25) is 0 Å². The summed E-state index contributed by atoms with van der Waals surface area (Å²) in [6, 6.07) is 11.0. The van der Waals surface area contributed by atoms with Gasteiger partial charge in [0.1, 0.15) is 11.5 Å². The minimum atomic E-state index is -3.61. The molecule has 0 heterocycles. The summed E-state index contributed by atoms with van der Waals surface area (Å²) in [4.78, 5) is 0. The van der Waals surface area contributed by atoms with Gasteiger partial charge in [-0.05, 0) is 26.0 Å². The standard InChI is InChI=1S/C15H19O5P/c1-4-18-21(16,19-5-2)20-15-11-7-8-12-13(15)9-6-10-14(12)17-3/h6-11H,4-5H2,1-3H3. The van der Waals surface area contributed by atoms with Crippen LogP contribution in [0.15, 0.2) is 36.4 Å². The molecule has 0 saturated carbocycles. The Morgan fingerprint density at radius 2 is 1.43 bits per heavy atom. The van der Waals surface area contributed by atoms with Crippen molar-refractivity contribution < 1.29 is 22.9 Å². The van der Waals surface area contributed by atoms with Crippen molar-refractivity contribution in [1.29, 1.82) is 0 Å². The minimum absolute atomic E-state index is 0.241. The van der Waals surface area contributed by atoms with Crippen LogP contribution in [0, 0.1) is 0 Å². The lowest BCUT2D eigenvalue weighted by molar-refractivity contribution is 0.168. The molecule has 6 heteroatoms. The van der Waals surface area contributed by atoms with Crippen LogP contribution in [0.3, 0.4) is 0 Å². The number of ether oxygens (including phenoxy) is 1. The first-order valence-corrected chi connectivity index (χ1v) is 8.24. The Bertz CT molecular complexity index is 646. The van der Waals surface area contributed by atoms with Crippen LogP contribution in [-0.2, 0) is 13.6 Å². The SMILES string of the molecule is CCOP(=O)(OCC)Oc1cccc2c(OC)cccc12. The van der Waals surface area contributed by atoms with Crippen LogP contribution in [0.1, 0.15) is 13.8 Å². The predicted octanol–water partition coefficient (Wildman–Crippen LogP) is 4.41. The van der Waals surface area contributed by atoms with Crippen LogP contribution in [0.2, 0.25) is 0 Å². The Kier molecular flexibility index (Phi) is 5.23. The van der Waals surface area contributed by atoms with E-state index in [9.17, 15) is 4.57 Å². The van der Waals surface area contributed by atoms with Crippen molar-refractivity contribution in [2.45, 2.75) is 13.8 Å². The monoisotopic (exact) mass is 310 g/mol. The molecule has 0 aliphatic carbocycles. The van der Waals surface area contributed by atoms with Gasteiger partial charge in [0.05, 0.1) is 20.3 Å². The fraction of sp³-hybridized carbons (Fsp3) is 0.333. The molecule has 0 aliphatic rings. The smallest absolute Gasteiger partial charge is 0.496 e. The molecule has 21 heavy (non-hydrogen) atoms. The van der Waals surface area contributed by atoms with E-state index in [-0.39, 0.29) is 13.2 Å². The summed E-state index contributed by atoms with van der Waals surface area (Å²) in [6.45, 7) is 3.96. The van der Waals surface area contributed by atoms with E-state index >= 15 is 0 Å². The number of phosphoric ester groups is 1. The molecule has 2 aromatic rings. The predicted molar refractivity (Wildman–Crippen MR) is 82.0 cm³/mol. The van der Waals surface area contributed by atoms with Crippen LogP contribution in [0.25, 0.3) is 10.8 Å². The first kappa shape index (κ1) is 15.8. The van der Waals surface area contributed by atoms with Crippen molar-refractivity contribution >= 4 is 18.6 Å². The molecule has 114 valence electrons. The van der Waals surface area contributed by atoms with Crippen LogP contribution in [0.5, 0.6) is 11.5 Å². The molecule has 0 N–H and O–H groups in total. The van der Waals surface area contributed by atoms with E-state index < -0.39 is 7.82 Å². The van der Waals surface area contributed by atoms with Gasteiger partial charge in [0, 0.05) is 10.8 Å². The summed E-state index contributed by atoms with van der Waals surface area (Å²) >= 11 is 0. The minimum Gasteiger partial charge on any atom is -0.496 e. The first-order chi connectivity index (χ1) is 10.1. The fourth-order valence-electron chi connectivity index (χ4n) is 2.04. The summed E-state index contributed by atoms with van der Waals surface area (Å²) in [5, 5.41) is 1.66. The quantitative estimate of drug-likeness (QED) is 0.709. The molecule has 0 fully saturated rings. The molecule has 0 unspecified atom stereocenters. The fourth-order valence-corrected chi connectivity index (χ4v) is 3.25. The van der Waals surface area contributed by atoms with E-state index in [0.29, 0.717) is 5.75 Å². The van der Waals surface area contributed by atoms with Gasteiger partial charge >= 0.3 is 7.82 Å². The topological polar surface area (TPSA) is 54.0 Å². The highest BCUT2D eigenvalue weighted by Gasteiger charge is 2.28. The number of hydrogen-bond donors (Lipinski definition) is 0. The summed E-state index contributed by atoms with van der Waals surface area (Å²) in [5.74, 6) is 1.16. The van der Waals surface area contributed by atoms with E-state index in [4.69, 9.17) is 18.3 Å². The average molecular weight is 310 g/mol. The molecule has 0 bridgehead atoms. The maximum Gasteiger partial charge on any atom is 0.530 e. The molecule has 0 spiro atoms. The number of methoxy groups -OCH3 is 1. The van der Waals surface area contributed by atoms with Gasteiger partial charge in [-0.15, -0.1) is 0 Å². The molecule has 5 nitrogen and oxygen atoms in total. The van der Waals surface area contributed by atoms with Gasteiger partial charge in [-0.25, -0.2) is 4.57 Å². The van der Waals surface area contributed by atoms with Crippen molar-refractivity contribution in [2.75, 3.05) is 20.3 Å². The highest BCUT2D eigenvalue weighted by atomic mass is 31.2. The molecule has 0 saturated heterocycles. The number of benzene rings is 2. The van der Waals surface area contributed by atoms with Gasteiger partial charge < -0.3 is 9.26 Å². The summed E-state index contributed by atoms with van der Waals surface area (Å²) in [6.07, 6.45) is 0. The molecule has 0 aliphatic heterocycles. The lowest BCUT2D eigenvalue weighted by atomic mass is 10.1. The normalized spacial score (nSPS) is 11.6. The first-order valence-electron chi connectivity index (χ1n) is 6.78. The van der Waals surface area contributed by atoms with Crippen molar-refractivity contribution in [2.24, 2.45) is 0 Å². The number of phosphoric acid groups is 1. The molecule has 0 atom stereocenters. The highest BCUT2D eigenvalue weighted by Crippen LogP contribution is 2.50. The summed E-state index contributed by atoms with van der Waals surface area (Å²) in [5.41, 5.74) is 0. The van der Waals surface area contributed by atoms with E-state index in [0.717, 1.165) is 16.5 Å². The molecular formula is C15H19O5P. The molecule has 2 rings (SSSR count). The van der Waals surface area contributed by atoms with Crippen LogP contribution in [-0.4, -0.2) is 20.3 Å². The zero-order valence-electron chi connectivity index (χ0n) is 12.4. The van der Waals surface area contributed by atoms with Crippen molar-refractivity contribution in [3.05, 3.63) is 36.4 Å². The zero-order chi connectivity index (χ0) is 15.3. The van der Waals surface area contributed by atoms with Gasteiger partial charge in [0.25, 0.3) is 0 Å². The van der Waals surface area contributed by atoms with Crippen LogP contribution in [0.4, 0.5) is 0 Å². The lowest BCUT2D eigenvalue weighted by Crippen LogP contribution is -2.02. The molecule has 0 amide bonds. The van der Waals surface area contributed by atoms with E-state index in [1.807, 2.05) is 30.3 Å². The third kappa shape index (κ3) is 3.56. The third-order valence-corrected chi connectivity index (χ3v) is 4.42. The van der Waals surface area contributed by atoms with Gasteiger partial charge in [-0.2, -0.15) is 0 Å². The van der Waals surface area contributed by atoms with Crippen LogP contribution >= 0.6 is 7.82 Å². The maximum absolute atomic E-state index is 12.5. The lowest BCUT2D eigenvalue weighted by Gasteiger charge is -2.18. The third-order valence-electron chi connectivity index (χ3n) is 2.85. The molecular weight excluding hydrogens is 291 g/mol. The Balaban J connectivity index is 2.44. The Morgan fingerprint density at radius 1 is 0.905 bits per heavy atom. The largest absolute Gasteiger partial charge is 0.530 e. The van der Waals surface area contributed by atoms with Crippen molar-refractivity contribution in [3.63, 3.8) is 0 Å². The Hall–Kier alpha value is -1.55. The maximum atomic E-state index is 12.5. The number of hydrogen-bond acceptors (Lipinski definition) is 5. The van der Waals surface area contributed by atoms with Gasteiger partial charge in [-0.3, -0.25) is 9.05 Å². The van der Waals surface area contributed by atoms with Gasteiger partial charge in [0.15, 0.2) is 0 Å². The second kappa shape index (κ2) is 6.94. The molecule has 0 radical (unpaired) electrons. The summed E-state index contributed by atoms with van der Waals surface area (Å²) < 4.78 is 33.7. The van der Waals surface area contributed by atoms with E-state index in [1.54, 1.807) is 27.0 Å². The summed E-state index contributed by atoms with van der Waals surface area (Å²) in [7, 11) is -2.01. The van der Waals surface area contributed by atoms with Crippen molar-refractivity contribution in [1.82, 2.24) is 0 Å².